The van der Waals surface area contributed by atoms with Crippen LogP contribution in [0.15, 0.2) is 108 Å². The number of hydrogen-bond donors (Lipinski definition) is 0. The van der Waals surface area contributed by atoms with Crippen LogP contribution in [-0.4, -0.2) is 0 Å². The van der Waals surface area contributed by atoms with Crippen molar-refractivity contribution >= 4 is 45.0 Å². The minimum Gasteiger partial charge on any atom is -0.455 e. The first-order chi connectivity index (χ1) is 13.3. The Morgan fingerprint density at radius 1 is 0.556 bits per heavy atom. The molecule has 0 amide bonds. The van der Waals surface area contributed by atoms with Gasteiger partial charge in [0, 0.05) is 21.4 Å². The number of hydrogen-bond acceptors (Lipinski definition) is 2. The van der Waals surface area contributed by atoms with Crippen LogP contribution < -0.4 is 15.9 Å². The highest BCUT2D eigenvalue weighted by molar-refractivity contribution is 7.85. The van der Waals surface area contributed by atoms with Crippen molar-refractivity contribution in [3.8, 4) is 0 Å². The molecule has 0 radical (unpaired) electrons. The van der Waals surface area contributed by atoms with Gasteiger partial charge in [0.25, 0.3) is 0 Å². The predicted octanol–water partition coefficient (Wildman–Crippen LogP) is 5.23. The Morgan fingerprint density at radius 2 is 1.11 bits per heavy atom. The third kappa shape index (κ3) is 2.45. The fourth-order valence-corrected chi connectivity index (χ4v) is 6.47. The maximum atomic E-state index is 14.6. The molecule has 2 nitrogen and oxygen atoms in total. The molecule has 0 fully saturated rings. The highest BCUT2D eigenvalue weighted by Gasteiger charge is 2.32. The summed E-state index contributed by atoms with van der Waals surface area (Å²) in [6.07, 6.45) is 0. The van der Waals surface area contributed by atoms with E-state index in [0.717, 1.165) is 32.3 Å². The second-order valence-corrected chi connectivity index (χ2v) is 9.27. The van der Waals surface area contributed by atoms with Gasteiger partial charge in [-0.2, -0.15) is 0 Å². The zero-order chi connectivity index (χ0) is 18.3. The lowest BCUT2D eigenvalue weighted by Crippen LogP contribution is -2.25. The van der Waals surface area contributed by atoms with Crippen molar-refractivity contribution in [2.75, 3.05) is 0 Å². The van der Waals surface area contributed by atoms with E-state index in [1.165, 1.54) is 0 Å². The summed E-state index contributed by atoms with van der Waals surface area (Å²) in [5.41, 5.74) is 1.52. The molecule has 0 saturated heterocycles. The molecule has 0 atom stereocenters. The quantitative estimate of drug-likeness (QED) is 0.409. The van der Waals surface area contributed by atoms with Crippen LogP contribution in [0.2, 0.25) is 0 Å². The van der Waals surface area contributed by atoms with Crippen LogP contribution in [0.4, 0.5) is 0 Å². The molecule has 0 aliphatic rings. The van der Waals surface area contributed by atoms with E-state index >= 15 is 0 Å². The molecular formula is C24H17O2P. The zero-order valence-corrected chi connectivity index (χ0v) is 15.5. The van der Waals surface area contributed by atoms with E-state index in [-0.39, 0.29) is 0 Å². The van der Waals surface area contributed by atoms with E-state index in [2.05, 4.69) is 0 Å². The summed E-state index contributed by atoms with van der Waals surface area (Å²) in [6, 6.07) is 33.3. The van der Waals surface area contributed by atoms with E-state index in [9.17, 15) is 4.57 Å². The van der Waals surface area contributed by atoms with Gasteiger partial charge >= 0.3 is 0 Å². The molecule has 0 bridgehead atoms. The fourth-order valence-electron chi connectivity index (χ4n) is 3.68. The molecule has 0 aliphatic heterocycles. The first-order valence-electron chi connectivity index (χ1n) is 8.90. The highest BCUT2D eigenvalue weighted by atomic mass is 31.2. The summed E-state index contributed by atoms with van der Waals surface area (Å²) in [6.45, 7) is 0. The summed E-state index contributed by atoms with van der Waals surface area (Å²) in [5, 5.41) is 4.40. The SMILES string of the molecule is O=P(c1ccccc1)(c1ccccc1)c1cccc2c1oc1ccccc12. The average Bonchev–Trinajstić information content (AvgIpc) is 3.13. The Bertz CT molecular complexity index is 1240. The third-order valence-corrected chi connectivity index (χ3v) is 8.04. The van der Waals surface area contributed by atoms with Gasteiger partial charge in [-0.3, -0.25) is 0 Å². The monoisotopic (exact) mass is 368 g/mol. The summed E-state index contributed by atoms with van der Waals surface area (Å²) in [5.74, 6) is 0. The molecule has 27 heavy (non-hydrogen) atoms. The number of benzene rings is 4. The van der Waals surface area contributed by atoms with Gasteiger partial charge in [0.15, 0.2) is 7.14 Å². The van der Waals surface area contributed by atoms with Crippen molar-refractivity contribution in [3.63, 3.8) is 0 Å². The van der Waals surface area contributed by atoms with E-state index in [0.29, 0.717) is 5.58 Å². The van der Waals surface area contributed by atoms with Gasteiger partial charge in [-0.25, -0.2) is 0 Å². The average molecular weight is 368 g/mol. The first kappa shape index (κ1) is 16.1. The Morgan fingerprint density at radius 3 is 1.78 bits per heavy atom. The van der Waals surface area contributed by atoms with Gasteiger partial charge in [0.1, 0.15) is 11.2 Å². The Kier molecular flexibility index (Phi) is 3.74. The first-order valence-corrected chi connectivity index (χ1v) is 10.6. The number of furan rings is 1. The molecule has 3 heteroatoms. The summed E-state index contributed by atoms with van der Waals surface area (Å²) < 4.78 is 20.8. The van der Waals surface area contributed by atoms with Crippen LogP contribution in [0.3, 0.4) is 0 Å². The topological polar surface area (TPSA) is 30.2 Å². The van der Waals surface area contributed by atoms with Crippen LogP contribution >= 0.6 is 7.14 Å². The molecule has 130 valence electrons. The van der Waals surface area contributed by atoms with E-state index in [1.807, 2.05) is 103 Å². The molecule has 0 unspecified atom stereocenters. The summed E-state index contributed by atoms with van der Waals surface area (Å²) >= 11 is 0. The van der Waals surface area contributed by atoms with Crippen molar-refractivity contribution in [3.05, 3.63) is 103 Å². The third-order valence-electron chi connectivity index (χ3n) is 4.96. The molecule has 1 heterocycles. The van der Waals surface area contributed by atoms with Gasteiger partial charge in [0.2, 0.25) is 0 Å². The molecule has 0 aliphatic carbocycles. The van der Waals surface area contributed by atoms with Crippen LogP contribution in [0, 0.1) is 0 Å². The van der Waals surface area contributed by atoms with Gasteiger partial charge in [-0.1, -0.05) is 91.0 Å². The minimum absolute atomic E-state index is 0.703. The minimum atomic E-state index is -3.07. The number of para-hydroxylation sites is 2. The van der Waals surface area contributed by atoms with Crippen molar-refractivity contribution in [1.29, 1.82) is 0 Å². The van der Waals surface area contributed by atoms with Gasteiger partial charge < -0.3 is 8.98 Å². The van der Waals surface area contributed by atoms with Crippen LogP contribution in [0.25, 0.3) is 21.9 Å². The lowest BCUT2D eigenvalue weighted by Gasteiger charge is -2.20. The summed E-state index contributed by atoms with van der Waals surface area (Å²) in [4.78, 5) is 0. The van der Waals surface area contributed by atoms with Crippen molar-refractivity contribution < 1.29 is 8.98 Å². The largest absolute Gasteiger partial charge is 0.455 e. The zero-order valence-electron chi connectivity index (χ0n) is 14.6. The Hall–Kier alpha value is -3.09. The maximum Gasteiger partial charge on any atom is 0.174 e. The highest BCUT2D eigenvalue weighted by Crippen LogP contribution is 2.45. The molecule has 4 aromatic carbocycles. The van der Waals surface area contributed by atoms with Crippen LogP contribution in [-0.2, 0) is 4.57 Å². The molecule has 0 N–H and O–H groups in total. The Labute approximate surface area is 157 Å². The van der Waals surface area contributed by atoms with Gasteiger partial charge in [-0.15, -0.1) is 0 Å². The molecular weight excluding hydrogens is 351 g/mol. The Balaban J connectivity index is 1.90. The number of rotatable bonds is 3. The number of fused-ring (bicyclic) bond motifs is 3. The second kappa shape index (κ2) is 6.26. The molecule has 5 rings (SSSR count). The standard InChI is InChI=1S/C24H17O2P/c25-27(18-10-3-1-4-11-18,19-12-5-2-6-13-19)23-17-9-15-21-20-14-7-8-16-22(20)26-24(21)23/h1-17H. The second-order valence-electron chi connectivity index (χ2n) is 6.53. The predicted molar refractivity (Wildman–Crippen MR) is 113 cm³/mol. The van der Waals surface area contributed by atoms with Crippen LogP contribution in [0.1, 0.15) is 0 Å². The molecule has 5 aromatic rings. The van der Waals surface area contributed by atoms with Crippen molar-refractivity contribution in [2.24, 2.45) is 0 Å². The maximum absolute atomic E-state index is 14.6. The molecule has 0 spiro atoms. The van der Waals surface area contributed by atoms with E-state index in [1.54, 1.807) is 0 Å². The molecule has 1 aromatic heterocycles. The van der Waals surface area contributed by atoms with Crippen LogP contribution in [0.5, 0.6) is 0 Å². The summed E-state index contributed by atoms with van der Waals surface area (Å²) in [7, 11) is -3.07. The molecule has 0 saturated carbocycles. The fraction of sp³-hybridized carbons (Fsp3) is 0. The van der Waals surface area contributed by atoms with Crippen molar-refractivity contribution in [1.82, 2.24) is 0 Å². The van der Waals surface area contributed by atoms with Crippen molar-refractivity contribution in [2.45, 2.75) is 0 Å². The van der Waals surface area contributed by atoms with Gasteiger partial charge in [0.05, 0.1) is 5.30 Å². The smallest absolute Gasteiger partial charge is 0.174 e. The lowest BCUT2D eigenvalue weighted by molar-refractivity contribution is 0.592. The van der Waals surface area contributed by atoms with Gasteiger partial charge in [-0.05, 0) is 12.1 Å². The van der Waals surface area contributed by atoms with E-state index < -0.39 is 7.14 Å². The van der Waals surface area contributed by atoms with E-state index in [4.69, 9.17) is 4.42 Å². The normalized spacial score (nSPS) is 11.9. The lowest BCUT2D eigenvalue weighted by atomic mass is 10.1.